The van der Waals surface area contributed by atoms with E-state index in [0.29, 0.717) is 23.4 Å². The number of aromatic amines is 1. The molecule has 0 spiro atoms. The van der Waals surface area contributed by atoms with Gasteiger partial charge in [-0.25, -0.2) is 9.50 Å². The zero-order valence-electron chi connectivity index (χ0n) is 18.7. The van der Waals surface area contributed by atoms with Gasteiger partial charge in [0.15, 0.2) is 0 Å². The topological polar surface area (TPSA) is 118 Å². The lowest BCUT2D eigenvalue weighted by Crippen LogP contribution is -2.41. The van der Waals surface area contributed by atoms with Crippen molar-refractivity contribution in [3.05, 3.63) is 83.3 Å². The Morgan fingerprint density at radius 3 is 2.86 bits per heavy atom. The summed E-state index contributed by atoms with van der Waals surface area (Å²) in [5.41, 5.74) is 1.80. The molecule has 1 amide bonds. The number of pyridine rings is 2. The number of carbonyl (C=O) groups is 1. The highest BCUT2D eigenvalue weighted by Gasteiger charge is 2.39. The van der Waals surface area contributed by atoms with E-state index < -0.39 is 23.7 Å². The van der Waals surface area contributed by atoms with Gasteiger partial charge in [-0.05, 0) is 37.3 Å². The largest absolute Gasteiger partial charge is 0.418 e. The number of halogens is 3. The Hall–Kier alpha value is -4.55. The van der Waals surface area contributed by atoms with Gasteiger partial charge in [0.1, 0.15) is 6.04 Å². The summed E-state index contributed by atoms with van der Waals surface area (Å²) in [6.07, 6.45) is 0.430. The van der Waals surface area contributed by atoms with Crippen LogP contribution in [0.3, 0.4) is 0 Å². The van der Waals surface area contributed by atoms with E-state index in [1.807, 2.05) is 0 Å². The summed E-state index contributed by atoms with van der Waals surface area (Å²) >= 11 is 0. The minimum atomic E-state index is -4.57. The molecule has 6 heterocycles. The van der Waals surface area contributed by atoms with Crippen molar-refractivity contribution in [2.45, 2.75) is 25.6 Å². The lowest BCUT2D eigenvalue weighted by Gasteiger charge is -2.32. The minimum absolute atomic E-state index is 0.123. The third-order valence-electron chi connectivity index (χ3n) is 6.14. The molecule has 0 saturated carbocycles. The highest BCUT2D eigenvalue weighted by atomic mass is 19.4. The number of hydrogen-bond acceptors (Lipinski definition) is 7. The third kappa shape index (κ3) is 3.51. The normalized spacial score (nSPS) is 15.9. The second kappa shape index (κ2) is 8.00. The van der Waals surface area contributed by atoms with E-state index in [1.165, 1.54) is 29.6 Å². The fraction of sp³-hybridized carbons (Fsp3) is 0.217. The van der Waals surface area contributed by atoms with Crippen LogP contribution < -0.4 is 0 Å². The fourth-order valence-corrected chi connectivity index (χ4v) is 4.45. The first kappa shape index (κ1) is 21.9. The van der Waals surface area contributed by atoms with E-state index >= 15 is 0 Å². The van der Waals surface area contributed by atoms with E-state index in [4.69, 9.17) is 4.42 Å². The second-order valence-electron chi connectivity index (χ2n) is 8.28. The van der Waals surface area contributed by atoms with Crippen molar-refractivity contribution in [2.24, 2.45) is 0 Å². The van der Waals surface area contributed by atoms with Crippen LogP contribution in [0.15, 0.2) is 53.5 Å². The molecule has 13 heteroatoms. The Bertz CT molecular complexity index is 1600. The summed E-state index contributed by atoms with van der Waals surface area (Å²) in [7, 11) is 0. The smallest absolute Gasteiger partial charge is 0.412 e. The fourth-order valence-electron chi connectivity index (χ4n) is 4.45. The molecule has 1 atom stereocenters. The first-order valence-electron chi connectivity index (χ1n) is 11.0. The summed E-state index contributed by atoms with van der Waals surface area (Å²) in [5.74, 6) is -0.695. The van der Waals surface area contributed by atoms with Gasteiger partial charge >= 0.3 is 18.0 Å². The summed E-state index contributed by atoms with van der Waals surface area (Å²) in [4.78, 5) is 26.6. The van der Waals surface area contributed by atoms with E-state index in [1.54, 1.807) is 25.3 Å². The average molecular weight is 494 g/mol. The molecule has 0 saturated heterocycles. The number of imidazole rings is 1. The number of carbonyl (C=O) groups excluding carboxylic acids is 1. The number of aryl methyl sites for hydroxylation is 1. The summed E-state index contributed by atoms with van der Waals surface area (Å²) < 4.78 is 47.6. The molecule has 6 rings (SSSR count). The summed E-state index contributed by atoms with van der Waals surface area (Å²) in [5, 5.41) is 12.3. The summed E-state index contributed by atoms with van der Waals surface area (Å²) in [6.45, 7) is 2.02. The number of nitrogens with one attached hydrogen (secondary N) is 1. The van der Waals surface area contributed by atoms with Crippen molar-refractivity contribution < 1.29 is 22.4 Å². The van der Waals surface area contributed by atoms with E-state index in [2.05, 4.69) is 30.2 Å². The number of amides is 1. The Kier molecular flexibility index (Phi) is 4.88. The van der Waals surface area contributed by atoms with Crippen molar-refractivity contribution in [3.63, 3.8) is 0 Å². The number of fused-ring (bicyclic) bond motifs is 2. The predicted molar refractivity (Wildman–Crippen MR) is 118 cm³/mol. The summed E-state index contributed by atoms with van der Waals surface area (Å²) in [6, 6.07) is 6.20. The zero-order valence-corrected chi connectivity index (χ0v) is 18.7. The third-order valence-corrected chi connectivity index (χ3v) is 6.14. The highest BCUT2D eigenvalue weighted by molar-refractivity contribution is 5.90. The van der Waals surface area contributed by atoms with Crippen molar-refractivity contribution in [1.82, 2.24) is 39.7 Å². The second-order valence-corrected chi connectivity index (χ2v) is 8.28. The van der Waals surface area contributed by atoms with Gasteiger partial charge in [0, 0.05) is 36.7 Å². The van der Waals surface area contributed by atoms with Gasteiger partial charge in [-0.15, -0.1) is 10.2 Å². The molecule has 1 N–H and O–H groups in total. The Morgan fingerprint density at radius 1 is 1.19 bits per heavy atom. The molecule has 1 aliphatic heterocycles. The molecule has 5 aromatic rings. The molecule has 0 aliphatic carbocycles. The maximum Gasteiger partial charge on any atom is 0.418 e. The first-order chi connectivity index (χ1) is 17.3. The first-order valence-corrected chi connectivity index (χ1v) is 11.0. The highest BCUT2D eigenvalue weighted by Crippen LogP contribution is 2.37. The maximum atomic E-state index is 13.6. The van der Waals surface area contributed by atoms with Gasteiger partial charge in [0.25, 0.3) is 0 Å². The lowest BCUT2D eigenvalue weighted by molar-refractivity contribution is -0.136. The number of alkyl halides is 3. The van der Waals surface area contributed by atoms with E-state index in [9.17, 15) is 18.0 Å². The van der Waals surface area contributed by atoms with Crippen molar-refractivity contribution in [3.8, 4) is 11.5 Å². The molecule has 1 aliphatic rings. The molecular formula is C23H17F3N8O2. The van der Waals surface area contributed by atoms with Crippen LogP contribution in [0.4, 0.5) is 13.2 Å². The van der Waals surface area contributed by atoms with E-state index in [0.717, 1.165) is 16.3 Å². The SMILES string of the molecule is Cc1ncccc1-c1nnc(C(=O)N2CCc3[nH]cnc3C2c2cc3c(C(F)(F)F)cccn3n2)o1. The lowest BCUT2D eigenvalue weighted by atomic mass is 9.99. The number of rotatable bonds is 3. The Labute approximate surface area is 200 Å². The molecule has 182 valence electrons. The minimum Gasteiger partial charge on any atom is -0.412 e. The molecule has 0 bridgehead atoms. The average Bonchev–Trinajstić information content (AvgIpc) is 3.61. The molecule has 0 aromatic carbocycles. The van der Waals surface area contributed by atoms with Crippen molar-refractivity contribution in [2.75, 3.05) is 6.54 Å². The molecule has 1 unspecified atom stereocenters. The van der Waals surface area contributed by atoms with Crippen LogP contribution in [0.25, 0.3) is 17.0 Å². The van der Waals surface area contributed by atoms with Gasteiger partial charge in [-0.2, -0.15) is 18.3 Å². The standard InChI is InChI=1S/C23H17F3N8O2/c1-12-13(4-2-7-27-12)20-30-31-21(36-20)22(35)33-9-6-15-18(29-11-28-15)19(33)16-10-17-14(23(24,25)26)5-3-8-34(17)32-16/h2-5,7-8,10-11,19H,6,9H2,1H3,(H,28,29). The van der Waals surface area contributed by atoms with Crippen molar-refractivity contribution >= 4 is 11.4 Å². The van der Waals surface area contributed by atoms with Crippen LogP contribution in [0, 0.1) is 6.92 Å². The van der Waals surface area contributed by atoms with Gasteiger partial charge in [0.2, 0.25) is 5.89 Å². The predicted octanol–water partition coefficient (Wildman–Crippen LogP) is 3.62. The Morgan fingerprint density at radius 2 is 2.06 bits per heavy atom. The number of aromatic nitrogens is 7. The zero-order chi connectivity index (χ0) is 25.0. The molecule has 0 fully saturated rings. The van der Waals surface area contributed by atoms with Crippen LogP contribution in [-0.2, 0) is 12.6 Å². The monoisotopic (exact) mass is 494 g/mol. The quantitative estimate of drug-likeness (QED) is 0.407. The van der Waals surface area contributed by atoms with Gasteiger partial charge in [-0.1, -0.05) is 0 Å². The van der Waals surface area contributed by atoms with Crippen LogP contribution in [0.2, 0.25) is 0 Å². The molecule has 5 aromatic heterocycles. The maximum absolute atomic E-state index is 13.6. The number of H-pyrrole nitrogens is 1. The van der Waals surface area contributed by atoms with Gasteiger partial charge in [0.05, 0.1) is 34.4 Å². The van der Waals surface area contributed by atoms with Crippen molar-refractivity contribution in [1.29, 1.82) is 0 Å². The molecule has 10 nitrogen and oxygen atoms in total. The van der Waals surface area contributed by atoms with Crippen LogP contribution in [0.5, 0.6) is 0 Å². The molecular weight excluding hydrogens is 477 g/mol. The number of hydrogen-bond donors (Lipinski definition) is 1. The van der Waals surface area contributed by atoms with Crippen LogP contribution in [0.1, 0.15) is 45.1 Å². The van der Waals surface area contributed by atoms with Crippen LogP contribution >= 0.6 is 0 Å². The Balaban J connectivity index is 1.42. The van der Waals surface area contributed by atoms with Crippen LogP contribution in [-0.4, -0.2) is 52.1 Å². The van der Waals surface area contributed by atoms with E-state index in [-0.39, 0.29) is 29.5 Å². The van der Waals surface area contributed by atoms with Gasteiger partial charge < -0.3 is 14.3 Å². The number of nitrogens with zero attached hydrogens (tertiary/aromatic N) is 7. The molecule has 36 heavy (non-hydrogen) atoms. The van der Waals surface area contributed by atoms with Gasteiger partial charge in [-0.3, -0.25) is 9.78 Å². The molecule has 0 radical (unpaired) electrons.